The maximum absolute atomic E-state index is 12.0. The van der Waals surface area contributed by atoms with Gasteiger partial charge >= 0.3 is 0 Å². The summed E-state index contributed by atoms with van der Waals surface area (Å²) in [6, 6.07) is 8.63. The van der Waals surface area contributed by atoms with Crippen molar-refractivity contribution in [3.05, 3.63) is 68.1 Å². The molecule has 0 saturated carbocycles. The first kappa shape index (κ1) is 19.5. The molecule has 3 rings (SSSR count). The van der Waals surface area contributed by atoms with E-state index in [4.69, 9.17) is 27.9 Å². The molecule has 1 aromatic heterocycles. The average Bonchev–Trinajstić information content (AvgIpc) is 3.02. The highest BCUT2D eigenvalue weighted by Crippen LogP contribution is 2.32. The lowest BCUT2D eigenvalue weighted by molar-refractivity contribution is -0.119. The van der Waals surface area contributed by atoms with Crippen molar-refractivity contribution in [2.75, 3.05) is 0 Å². The number of hydrogen-bond donors (Lipinski definition) is 2. The number of carbonyl (C=O) groups excluding carboxylic acids is 1. The van der Waals surface area contributed by atoms with Crippen LogP contribution >= 0.6 is 23.2 Å². The minimum absolute atomic E-state index is 0.00434. The van der Waals surface area contributed by atoms with Crippen molar-refractivity contribution >= 4 is 34.7 Å². The fourth-order valence-corrected chi connectivity index (χ4v) is 3.27. The van der Waals surface area contributed by atoms with Crippen LogP contribution < -0.4 is 15.6 Å². The first-order chi connectivity index (χ1) is 12.8. The van der Waals surface area contributed by atoms with Gasteiger partial charge in [-0.2, -0.15) is 0 Å². The quantitative estimate of drug-likeness (QED) is 0.781. The summed E-state index contributed by atoms with van der Waals surface area (Å²) in [5.74, 6) is 0.604. The highest BCUT2D eigenvalue weighted by Gasteiger charge is 2.21. The molecule has 0 unspecified atom stereocenters. The SMILES string of the molecule is CC(C)Oc1ccc(/C(=C/[C@H]2CCC(=O)N2)c2ccc(Cl)c(=O)[nH]2)cc1Cl. The van der Waals surface area contributed by atoms with Gasteiger partial charge in [0, 0.05) is 23.7 Å². The molecule has 1 aliphatic heterocycles. The molecule has 1 fully saturated rings. The fraction of sp³-hybridized carbons (Fsp3) is 0.300. The van der Waals surface area contributed by atoms with Crippen LogP contribution in [0.1, 0.15) is 37.9 Å². The fourth-order valence-electron chi connectivity index (χ4n) is 2.94. The average molecular weight is 407 g/mol. The van der Waals surface area contributed by atoms with Gasteiger partial charge in [0.25, 0.3) is 5.56 Å². The highest BCUT2D eigenvalue weighted by atomic mass is 35.5. The van der Waals surface area contributed by atoms with E-state index in [-0.39, 0.29) is 28.6 Å². The lowest BCUT2D eigenvalue weighted by Gasteiger charge is -2.15. The minimum Gasteiger partial charge on any atom is -0.489 e. The summed E-state index contributed by atoms with van der Waals surface area (Å²) in [7, 11) is 0. The van der Waals surface area contributed by atoms with Crippen molar-refractivity contribution < 1.29 is 9.53 Å². The molecule has 0 aliphatic carbocycles. The molecule has 2 heterocycles. The van der Waals surface area contributed by atoms with Crippen LogP contribution in [0.2, 0.25) is 10.0 Å². The third-order valence-electron chi connectivity index (χ3n) is 4.15. The standard InChI is InChI=1S/C20H20Cl2N2O3/c1-11(2)27-18-7-3-12(9-16(18)22)14(10-13-4-8-19(25)23-13)17-6-5-15(21)20(26)24-17/h3,5-7,9-11,13H,4,8H2,1-2H3,(H,23,25)(H,24,26)/b14-10-/t13-/m1/s1. The topological polar surface area (TPSA) is 71.2 Å². The Kier molecular flexibility index (Phi) is 5.92. The van der Waals surface area contributed by atoms with Crippen LogP contribution in [0.25, 0.3) is 5.57 Å². The van der Waals surface area contributed by atoms with E-state index in [0.29, 0.717) is 29.3 Å². The maximum Gasteiger partial charge on any atom is 0.267 e. The smallest absolute Gasteiger partial charge is 0.267 e. The van der Waals surface area contributed by atoms with E-state index in [0.717, 1.165) is 11.1 Å². The number of ether oxygens (including phenoxy) is 1. The molecule has 27 heavy (non-hydrogen) atoms. The molecule has 7 heteroatoms. The Morgan fingerprint density at radius 3 is 2.56 bits per heavy atom. The van der Waals surface area contributed by atoms with Gasteiger partial charge in [-0.05, 0) is 50.1 Å². The van der Waals surface area contributed by atoms with Gasteiger partial charge in [-0.15, -0.1) is 0 Å². The normalized spacial score (nSPS) is 17.3. The lowest BCUT2D eigenvalue weighted by Crippen LogP contribution is -2.23. The predicted octanol–water partition coefficient (Wildman–Crippen LogP) is 4.18. The Labute approximate surface area is 167 Å². The van der Waals surface area contributed by atoms with Gasteiger partial charge in [-0.1, -0.05) is 35.3 Å². The number of amides is 1. The highest BCUT2D eigenvalue weighted by molar-refractivity contribution is 6.32. The van der Waals surface area contributed by atoms with E-state index in [9.17, 15) is 9.59 Å². The number of hydrogen-bond acceptors (Lipinski definition) is 3. The van der Waals surface area contributed by atoms with Crippen molar-refractivity contribution in [2.45, 2.75) is 38.8 Å². The van der Waals surface area contributed by atoms with Crippen molar-refractivity contribution in [3.8, 4) is 5.75 Å². The number of H-pyrrole nitrogens is 1. The van der Waals surface area contributed by atoms with Crippen molar-refractivity contribution in [2.24, 2.45) is 0 Å². The molecule has 1 atom stereocenters. The third-order valence-corrected chi connectivity index (χ3v) is 4.75. The van der Waals surface area contributed by atoms with E-state index < -0.39 is 0 Å². The molecular weight excluding hydrogens is 387 g/mol. The summed E-state index contributed by atoms with van der Waals surface area (Å²) in [4.78, 5) is 26.3. The summed E-state index contributed by atoms with van der Waals surface area (Å²) in [5.41, 5.74) is 1.78. The van der Waals surface area contributed by atoms with Crippen LogP contribution in [0.15, 0.2) is 41.2 Å². The van der Waals surface area contributed by atoms with Gasteiger partial charge in [0.05, 0.1) is 11.1 Å². The molecule has 2 aromatic rings. The van der Waals surface area contributed by atoms with Gasteiger partial charge in [-0.25, -0.2) is 0 Å². The zero-order valence-electron chi connectivity index (χ0n) is 15.0. The minimum atomic E-state index is -0.374. The number of aromatic nitrogens is 1. The van der Waals surface area contributed by atoms with E-state index in [2.05, 4.69) is 10.3 Å². The summed E-state index contributed by atoms with van der Waals surface area (Å²) >= 11 is 12.2. The maximum atomic E-state index is 12.0. The Hall–Kier alpha value is -2.24. The summed E-state index contributed by atoms with van der Waals surface area (Å²) in [6.07, 6.45) is 3.11. The van der Waals surface area contributed by atoms with Crippen LogP contribution in [0.4, 0.5) is 0 Å². The zero-order valence-corrected chi connectivity index (χ0v) is 16.5. The van der Waals surface area contributed by atoms with Crippen LogP contribution in [-0.4, -0.2) is 23.0 Å². The predicted molar refractivity (Wildman–Crippen MR) is 108 cm³/mol. The first-order valence-corrected chi connectivity index (χ1v) is 9.46. The Morgan fingerprint density at radius 2 is 1.96 bits per heavy atom. The van der Waals surface area contributed by atoms with Crippen LogP contribution in [0.5, 0.6) is 5.75 Å². The number of rotatable bonds is 5. The number of carbonyl (C=O) groups is 1. The Balaban J connectivity index is 2.05. The van der Waals surface area contributed by atoms with Crippen LogP contribution in [-0.2, 0) is 4.79 Å². The largest absolute Gasteiger partial charge is 0.489 e. The second kappa shape index (κ2) is 8.19. The van der Waals surface area contributed by atoms with Crippen LogP contribution in [0, 0.1) is 0 Å². The second-order valence-electron chi connectivity index (χ2n) is 6.65. The summed E-state index contributed by atoms with van der Waals surface area (Å²) < 4.78 is 5.68. The zero-order chi connectivity index (χ0) is 19.6. The van der Waals surface area contributed by atoms with Crippen LogP contribution in [0.3, 0.4) is 0 Å². The van der Waals surface area contributed by atoms with Gasteiger partial charge in [0.2, 0.25) is 5.91 Å². The molecule has 1 saturated heterocycles. The van der Waals surface area contributed by atoms with E-state index in [1.165, 1.54) is 0 Å². The molecular formula is C20H20Cl2N2O3. The van der Waals surface area contributed by atoms with Gasteiger partial charge in [-0.3, -0.25) is 9.59 Å². The van der Waals surface area contributed by atoms with E-state index in [1.54, 1.807) is 24.3 Å². The van der Waals surface area contributed by atoms with Gasteiger partial charge in [0.15, 0.2) is 0 Å². The third kappa shape index (κ3) is 4.73. The number of benzene rings is 1. The number of pyridine rings is 1. The lowest BCUT2D eigenvalue weighted by atomic mass is 9.99. The molecule has 1 aromatic carbocycles. The van der Waals surface area contributed by atoms with Crippen molar-refractivity contribution in [3.63, 3.8) is 0 Å². The molecule has 1 amide bonds. The monoisotopic (exact) mass is 406 g/mol. The molecule has 0 bridgehead atoms. The second-order valence-corrected chi connectivity index (χ2v) is 7.47. The van der Waals surface area contributed by atoms with E-state index >= 15 is 0 Å². The summed E-state index contributed by atoms with van der Waals surface area (Å²) in [6.45, 7) is 3.85. The van der Waals surface area contributed by atoms with Gasteiger partial charge in [0.1, 0.15) is 10.8 Å². The number of aromatic amines is 1. The van der Waals surface area contributed by atoms with Crippen molar-refractivity contribution in [1.29, 1.82) is 0 Å². The molecule has 2 N–H and O–H groups in total. The number of halogens is 2. The first-order valence-electron chi connectivity index (χ1n) is 8.70. The Bertz CT molecular complexity index is 950. The van der Waals surface area contributed by atoms with Gasteiger partial charge < -0.3 is 15.0 Å². The Morgan fingerprint density at radius 1 is 1.19 bits per heavy atom. The molecule has 0 radical (unpaired) electrons. The van der Waals surface area contributed by atoms with Crippen molar-refractivity contribution in [1.82, 2.24) is 10.3 Å². The molecule has 1 aliphatic rings. The van der Waals surface area contributed by atoms with E-state index in [1.807, 2.05) is 26.0 Å². The molecule has 0 spiro atoms. The summed E-state index contributed by atoms with van der Waals surface area (Å²) in [5, 5.41) is 3.50. The number of nitrogens with one attached hydrogen (secondary N) is 2. The molecule has 5 nitrogen and oxygen atoms in total. The molecule has 142 valence electrons.